The number of carbonyl (C=O) groups is 1. The lowest BCUT2D eigenvalue weighted by molar-refractivity contribution is 0.0602. The summed E-state index contributed by atoms with van der Waals surface area (Å²) in [6, 6.07) is 21.7. The minimum absolute atomic E-state index is 0.382. The summed E-state index contributed by atoms with van der Waals surface area (Å²) in [6.07, 6.45) is 0. The highest BCUT2D eigenvalue weighted by molar-refractivity contribution is 5.97. The Kier molecular flexibility index (Phi) is 5.23. The minimum atomic E-state index is -0.382. The van der Waals surface area contributed by atoms with Gasteiger partial charge in [-0.2, -0.15) is 0 Å². The number of carbonyl (C=O) groups excluding carboxylic acids is 1. The highest BCUT2D eigenvalue weighted by Crippen LogP contribution is 2.27. The van der Waals surface area contributed by atoms with Gasteiger partial charge in [-0.3, -0.25) is 0 Å². The van der Waals surface area contributed by atoms with Crippen LogP contribution in [-0.4, -0.2) is 13.1 Å². The van der Waals surface area contributed by atoms with Crippen LogP contribution in [0.5, 0.6) is 0 Å². The number of hydrogen-bond donors (Lipinski definition) is 2. The van der Waals surface area contributed by atoms with Gasteiger partial charge in [-0.05, 0) is 56.3 Å². The lowest BCUT2D eigenvalue weighted by atomic mass is 10.1. The van der Waals surface area contributed by atoms with Crippen molar-refractivity contribution < 1.29 is 9.53 Å². The molecule has 0 saturated heterocycles. The largest absolute Gasteiger partial charge is 0.465 e. The molecule has 4 heteroatoms. The van der Waals surface area contributed by atoms with Crippen LogP contribution in [0.1, 0.15) is 21.5 Å². The molecule has 26 heavy (non-hydrogen) atoms. The van der Waals surface area contributed by atoms with Crippen molar-refractivity contribution in [3.8, 4) is 0 Å². The minimum Gasteiger partial charge on any atom is -0.465 e. The number of hydrogen-bond acceptors (Lipinski definition) is 4. The fourth-order valence-corrected chi connectivity index (χ4v) is 2.61. The topological polar surface area (TPSA) is 50.4 Å². The third-order valence-corrected chi connectivity index (χ3v) is 4.10. The molecule has 0 aliphatic heterocycles. The highest BCUT2D eigenvalue weighted by atomic mass is 16.5. The second kappa shape index (κ2) is 7.74. The van der Waals surface area contributed by atoms with E-state index >= 15 is 0 Å². The van der Waals surface area contributed by atoms with Crippen LogP contribution in [0.3, 0.4) is 0 Å². The smallest absolute Gasteiger partial charge is 0.340 e. The first-order valence-corrected chi connectivity index (χ1v) is 8.45. The summed E-state index contributed by atoms with van der Waals surface area (Å²) in [6.45, 7) is 4.08. The molecule has 3 rings (SSSR count). The molecule has 0 spiro atoms. The summed E-state index contributed by atoms with van der Waals surface area (Å²) in [5.74, 6) is -0.382. The summed E-state index contributed by atoms with van der Waals surface area (Å²) in [5, 5.41) is 6.60. The Hall–Kier alpha value is -3.27. The molecule has 132 valence electrons. The van der Waals surface area contributed by atoms with Gasteiger partial charge in [0.2, 0.25) is 0 Å². The fraction of sp³-hybridized carbons (Fsp3) is 0.136. The summed E-state index contributed by atoms with van der Waals surface area (Å²) in [7, 11) is 1.39. The molecular weight excluding hydrogens is 324 g/mol. The highest BCUT2D eigenvalue weighted by Gasteiger charge is 2.13. The molecule has 0 heterocycles. The Morgan fingerprint density at radius 3 is 1.77 bits per heavy atom. The first kappa shape index (κ1) is 17.5. The van der Waals surface area contributed by atoms with E-state index in [2.05, 4.69) is 10.6 Å². The van der Waals surface area contributed by atoms with Crippen LogP contribution in [0.15, 0.2) is 66.7 Å². The van der Waals surface area contributed by atoms with Crippen molar-refractivity contribution in [2.75, 3.05) is 17.7 Å². The maximum absolute atomic E-state index is 12.2. The monoisotopic (exact) mass is 346 g/mol. The van der Waals surface area contributed by atoms with Crippen LogP contribution in [0.4, 0.5) is 22.7 Å². The van der Waals surface area contributed by atoms with Crippen LogP contribution < -0.4 is 10.6 Å². The predicted octanol–water partition coefficient (Wildman–Crippen LogP) is 5.58. The van der Waals surface area contributed by atoms with Gasteiger partial charge in [0.15, 0.2) is 0 Å². The number of rotatable bonds is 5. The zero-order chi connectivity index (χ0) is 18.5. The Labute approximate surface area is 153 Å². The normalized spacial score (nSPS) is 10.3. The number of esters is 1. The summed E-state index contributed by atoms with van der Waals surface area (Å²) in [5.41, 5.74) is 6.26. The number of nitrogens with one attached hydrogen (secondary N) is 2. The van der Waals surface area contributed by atoms with E-state index in [0.29, 0.717) is 11.3 Å². The number of methoxy groups -OCH3 is 1. The molecule has 4 nitrogen and oxygen atoms in total. The molecule has 0 atom stereocenters. The second-order valence-corrected chi connectivity index (χ2v) is 6.23. The van der Waals surface area contributed by atoms with E-state index in [9.17, 15) is 4.79 Å². The van der Waals surface area contributed by atoms with E-state index in [1.54, 1.807) is 6.07 Å². The van der Waals surface area contributed by atoms with Gasteiger partial charge >= 0.3 is 5.97 Å². The molecule has 0 bridgehead atoms. The zero-order valence-electron chi connectivity index (χ0n) is 15.2. The Bertz CT molecular complexity index is 900. The molecule has 3 aromatic rings. The first-order valence-electron chi connectivity index (χ1n) is 8.45. The van der Waals surface area contributed by atoms with Crippen LogP contribution >= 0.6 is 0 Å². The van der Waals surface area contributed by atoms with Gasteiger partial charge in [0.1, 0.15) is 0 Å². The maximum Gasteiger partial charge on any atom is 0.340 e. The lowest BCUT2D eigenvalue weighted by Gasteiger charge is -2.14. The molecule has 0 fully saturated rings. The van der Waals surface area contributed by atoms with Crippen molar-refractivity contribution in [3.05, 3.63) is 83.4 Å². The molecule has 3 aromatic carbocycles. The number of anilines is 4. The number of aryl methyl sites for hydroxylation is 2. The van der Waals surface area contributed by atoms with Crippen LogP contribution in [0, 0.1) is 13.8 Å². The van der Waals surface area contributed by atoms with E-state index in [1.807, 2.05) is 74.5 Å². The van der Waals surface area contributed by atoms with E-state index in [0.717, 1.165) is 17.1 Å². The number of ether oxygens (including phenoxy) is 1. The summed E-state index contributed by atoms with van der Waals surface area (Å²) < 4.78 is 4.95. The molecular formula is C22H22N2O2. The third-order valence-electron chi connectivity index (χ3n) is 4.10. The Morgan fingerprint density at radius 2 is 1.23 bits per heavy atom. The Balaban J connectivity index is 1.88. The van der Waals surface area contributed by atoms with E-state index in [-0.39, 0.29) is 5.97 Å². The summed E-state index contributed by atoms with van der Waals surface area (Å²) >= 11 is 0. The summed E-state index contributed by atoms with van der Waals surface area (Å²) in [4.78, 5) is 12.2. The van der Waals surface area contributed by atoms with Crippen LogP contribution in [0.25, 0.3) is 0 Å². The van der Waals surface area contributed by atoms with Gasteiger partial charge in [0.25, 0.3) is 0 Å². The first-order chi connectivity index (χ1) is 12.5. The molecule has 0 aliphatic carbocycles. The van der Waals surface area contributed by atoms with Gasteiger partial charge in [0.05, 0.1) is 18.4 Å². The number of benzene rings is 3. The molecule has 0 unspecified atom stereocenters. The molecule has 0 saturated carbocycles. The third kappa shape index (κ3) is 4.22. The SMILES string of the molecule is COC(=O)c1cc(Nc2ccc(C)cc2)ccc1Nc1ccc(C)cc1. The van der Waals surface area contributed by atoms with Crippen molar-refractivity contribution in [1.29, 1.82) is 0 Å². The molecule has 0 aromatic heterocycles. The van der Waals surface area contributed by atoms with Crippen LogP contribution in [-0.2, 0) is 4.74 Å². The second-order valence-electron chi connectivity index (χ2n) is 6.23. The van der Waals surface area contributed by atoms with Crippen molar-refractivity contribution in [3.63, 3.8) is 0 Å². The van der Waals surface area contributed by atoms with Gasteiger partial charge in [-0.25, -0.2) is 4.79 Å². The molecule has 2 N–H and O–H groups in total. The molecule has 0 amide bonds. The van der Waals surface area contributed by atoms with Crippen LogP contribution in [0.2, 0.25) is 0 Å². The van der Waals surface area contributed by atoms with Crippen molar-refractivity contribution in [2.45, 2.75) is 13.8 Å². The van der Waals surface area contributed by atoms with Crippen molar-refractivity contribution >= 4 is 28.7 Å². The standard InChI is InChI=1S/C22H22N2O2/c1-15-4-8-17(9-5-15)23-19-12-13-21(20(14-19)22(25)26-3)24-18-10-6-16(2)7-11-18/h4-14,23-24H,1-3H3. The predicted molar refractivity (Wildman–Crippen MR) is 107 cm³/mol. The molecule has 0 radical (unpaired) electrons. The van der Waals surface area contributed by atoms with E-state index < -0.39 is 0 Å². The van der Waals surface area contributed by atoms with E-state index in [4.69, 9.17) is 4.74 Å². The van der Waals surface area contributed by atoms with Gasteiger partial charge < -0.3 is 15.4 Å². The van der Waals surface area contributed by atoms with Gasteiger partial charge in [0, 0.05) is 17.1 Å². The maximum atomic E-state index is 12.2. The lowest BCUT2D eigenvalue weighted by Crippen LogP contribution is -2.06. The van der Waals surface area contributed by atoms with E-state index in [1.165, 1.54) is 18.2 Å². The van der Waals surface area contributed by atoms with Gasteiger partial charge in [-0.15, -0.1) is 0 Å². The van der Waals surface area contributed by atoms with Gasteiger partial charge in [-0.1, -0.05) is 35.4 Å². The van der Waals surface area contributed by atoms with Crippen molar-refractivity contribution in [1.82, 2.24) is 0 Å². The average Bonchev–Trinajstić information content (AvgIpc) is 2.66. The quantitative estimate of drug-likeness (QED) is 0.592. The zero-order valence-corrected chi connectivity index (χ0v) is 15.2. The molecule has 0 aliphatic rings. The fourth-order valence-electron chi connectivity index (χ4n) is 2.61. The average molecular weight is 346 g/mol. The van der Waals surface area contributed by atoms with Crippen molar-refractivity contribution in [2.24, 2.45) is 0 Å². The Morgan fingerprint density at radius 1 is 0.731 bits per heavy atom.